The number of carbonyl (C=O) groups is 1. The van der Waals surface area contributed by atoms with Gasteiger partial charge >= 0.3 is 0 Å². The SMILES string of the molecule is COc1cc2cc(C)[nH]c2c(OC)c1OC.Cc1cnc2c(O)cc(NC=O)c(CCCl)c2c1. The van der Waals surface area contributed by atoms with Gasteiger partial charge in [-0.05, 0) is 49.6 Å². The molecule has 0 bridgehead atoms. The van der Waals surface area contributed by atoms with Crippen LogP contribution in [-0.4, -0.2) is 48.7 Å². The molecule has 9 heteroatoms. The van der Waals surface area contributed by atoms with E-state index >= 15 is 0 Å². The molecule has 0 fully saturated rings. The molecule has 0 spiro atoms. The first-order chi connectivity index (χ1) is 16.4. The minimum atomic E-state index is 0.0488. The van der Waals surface area contributed by atoms with E-state index in [4.69, 9.17) is 25.8 Å². The van der Waals surface area contributed by atoms with Crippen molar-refractivity contribution >= 4 is 45.5 Å². The zero-order valence-corrected chi connectivity index (χ0v) is 20.5. The number of ether oxygens (including phenoxy) is 3. The number of pyridine rings is 1. The molecule has 0 aliphatic carbocycles. The predicted octanol–water partition coefficient (Wildman–Crippen LogP) is 5.10. The number of aromatic amines is 1. The molecule has 3 N–H and O–H groups in total. The van der Waals surface area contributed by atoms with Crippen LogP contribution < -0.4 is 19.5 Å². The minimum Gasteiger partial charge on any atom is -0.506 e. The van der Waals surface area contributed by atoms with Crippen molar-refractivity contribution in [1.82, 2.24) is 9.97 Å². The van der Waals surface area contributed by atoms with E-state index in [0.29, 0.717) is 47.2 Å². The van der Waals surface area contributed by atoms with Gasteiger partial charge in [0.2, 0.25) is 12.2 Å². The summed E-state index contributed by atoms with van der Waals surface area (Å²) in [5.74, 6) is 2.43. The summed E-state index contributed by atoms with van der Waals surface area (Å²) in [6.45, 7) is 3.92. The van der Waals surface area contributed by atoms with E-state index in [0.717, 1.165) is 33.1 Å². The van der Waals surface area contributed by atoms with Gasteiger partial charge in [0.15, 0.2) is 11.5 Å². The van der Waals surface area contributed by atoms with Gasteiger partial charge in [0, 0.05) is 40.3 Å². The lowest BCUT2D eigenvalue weighted by Crippen LogP contribution is -2.01. The van der Waals surface area contributed by atoms with E-state index < -0.39 is 0 Å². The molecule has 0 saturated carbocycles. The number of amides is 1. The summed E-state index contributed by atoms with van der Waals surface area (Å²) in [7, 11) is 4.83. The fourth-order valence-corrected chi connectivity index (χ4v) is 4.07. The Morgan fingerprint density at radius 3 is 2.44 bits per heavy atom. The van der Waals surface area contributed by atoms with Gasteiger partial charge in [0.1, 0.15) is 11.3 Å². The normalized spacial score (nSPS) is 10.5. The summed E-state index contributed by atoms with van der Waals surface area (Å²) < 4.78 is 16.0. The summed E-state index contributed by atoms with van der Waals surface area (Å²) in [5.41, 5.74) is 4.98. The number of alkyl halides is 1. The van der Waals surface area contributed by atoms with Gasteiger partial charge in [-0.25, -0.2) is 0 Å². The highest BCUT2D eigenvalue weighted by molar-refractivity contribution is 6.18. The number of phenolic OH excluding ortho intramolecular Hbond substituents is 1. The van der Waals surface area contributed by atoms with E-state index in [2.05, 4.69) is 15.3 Å². The van der Waals surface area contributed by atoms with Crippen molar-refractivity contribution in [2.24, 2.45) is 0 Å². The number of hydrogen-bond acceptors (Lipinski definition) is 6. The van der Waals surface area contributed by atoms with Crippen LogP contribution in [0.15, 0.2) is 30.5 Å². The van der Waals surface area contributed by atoms with E-state index in [1.54, 1.807) is 27.5 Å². The second-order valence-corrected chi connectivity index (χ2v) is 7.97. The molecule has 4 rings (SSSR count). The summed E-state index contributed by atoms with van der Waals surface area (Å²) in [4.78, 5) is 18.1. The molecule has 2 heterocycles. The van der Waals surface area contributed by atoms with Crippen LogP contribution in [0, 0.1) is 13.8 Å². The van der Waals surface area contributed by atoms with Crippen molar-refractivity contribution in [1.29, 1.82) is 0 Å². The van der Waals surface area contributed by atoms with Crippen LogP contribution >= 0.6 is 11.6 Å². The van der Waals surface area contributed by atoms with Crippen LogP contribution in [0.3, 0.4) is 0 Å². The number of nitrogens with zero attached hydrogens (tertiary/aromatic N) is 1. The number of aromatic nitrogens is 2. The molecular weight excluding hydrogens is 458 g/mol. The molecule has 8 nitrogen and oxygen atoms in total. The smallest absolute Gasteiger partial charge is 0.211 e. The number of methoxy groups -OCH3 is 3. The number of phenols is 1. The number of fused-ring (bicyclic) bond motifs is 2. The molecular formula is C25H28ClN3O5. The molecule has 2 aromatic carbocycles. The molecule has 2 aromatic heterocycles. The minimum absolute atomic E-state index is 0.0488. The molecule has 0 radical (unpaired) electrons. The van der Waals surface area contributed by atoms with Gasteiger partial charge in [-0.15, -0.1) is 11.6 Å². The van der Waals surface area contributed by atoms with Crippen molar-refractivity contribution in [3.05, 3.63) is 47.3 Å². The highest BCUT2D eigenvalue weighted by Crippen LogP contribution is 2.43. The van der Waals surface area contributed by atoms with Gasteiger partial charge in [0.05, 0.1) is 26.8 Å². The van der Waals surface area contributed by atoms with Gasteiger partial charge in [-0.2, -0.15) is 0 Å². The van der Waals surface area contributed by atoms with Crippen molar-refractivity contribution in [2.45, 2.75) is 20.3 Å². The van der Waals surface area contributed by atoms with Crippen molar-refractivity contribution in [3.8, 4) is 23.0 Å². The first-order valence-electron chi connectivity index (χ1n) is 10.5. The zero-order chi connectivity index (χ0) is 24.8. The molecule has 0 unspecified atom stereocenters. The molecule has 0 atom stereocenters. The number of aryl methyl sites for hydroxylation is 3. The fourth-order valence-electron chi connectivity index (χ4n) is 3.88. The van der Waals surface area contributed by atoms with Crippen molar-refractivity contribution < 1.29 is 24.1 Å². The van der Waals surface area contributed by atoms with Gasteiger partial charge in [0.25, 0.3) is 0 Å². The average molecular weight is 486 g/mol. The first kappa shape index (κ1) is 25.0. The van der Waals surface area contributed by atoms with Gasteiger partial charge in [-0.3, -0.25) is 9.78 Å². The summed E-state index contributed by atoms with van der Waals surface area (Å²) in [5, 5.41) is 14.4. The molecule has 1 amide bonds. The Morgan fingerprint density at radius 2 is 1.82 bits per heavy atom. The van der Waals surface area contributed by atoms with Gasteiger partial charge in [-0.1, -0.05) is 0 Å². The van der Waals surface area contributed by atoms with E-state index in [-0.39, 0.29) is 5.75 Å². The maximum atomic E-state index is 10.6. The Balaban J connectivity index is 0.000000192. The largest absolute Gasteiger partial charge is 0.506 e. The van der Waals surface area contributed by atoms with Crippen LogP contribution in [0.1, 0.15) is 16.8 Å². The number of nitrogens with one attached hydrogen (secondary N) is 2. The van der Waals surface area contributed by atoms with Crippen molar-refractivity contribution in [3.63, 3.8) is 0 Å². The van der Waals surface area contributed by atoms with E-state index in [9.17, 15) is 9.90 Å². The lowest BCUT2D eigenvalue weighted by Gasteiger charge is -2.12. The average Bonchev–Trinajstić information content (AvgIpc) is 3.20. The molecule has 0 aliphatic rings. The zero-order valence-electron chi connectivity index (χ0n) is 19.8. The number of carbonyl (C=O) groups excluding carboxylic acids is 1. The number of hydrogen-bond donors (Lipinski definition) is 3. The third kappa shape index (κ3) is 4.97. The number of H-pyrrole nitrogens is 1. The fraction of sp³-hybridized carbons (Fsp3) is 0.280. The molecule has 180 valence electrons. The van der Waals surface area contributed by atoms with Crippen LogP contribution in [-0.2, 0) is 11.2 Å². The van der Waals surface area contributed by atoms with Gasteiger partial charge < -0.3 is 29.6 Å². The number of aromatic hydroxyl groups is 1. The Labute approximate surface area is 202 Å². The summed E-state index contributed by atoms with van der Waals surface area (Å²) >= 11 is 5.79. The van der Waals surface area contributed by atoms with Crippen LogP contribution in [0.2, 0.25) is 0 Å². The third-order valence-corrected chi connectivity index (χ3v) is 5.50. The molecule has 34 heavy (non-hydrogen) atoms. The lowest BCUT2D eigenvalue weighted by atomic mass is 10.0. The van der Waals surface area contributed by atoms with E-state index in [1.807, 2.05) is 32.0 Å². The predicted molar refractivity (Wildman–Crippen MR) is 135 cm³/mol. The van der Waals surface area contributed by atoms with Crippen LogP contribution in [0.25, 0.3) is 21.8 Å². The highest BCUT2D eigenvalue weighted by Gasteiger charge is 2.17. The maximum absolute atomic E-state index is 10.6. The van der Waals surface area contributed by atoms with E-state index in [1.165, 1.54) is 6.07 Å². The second kappa shape index (κ2) is 11.0. The quantitative estimate of drug-likeness (QED) is 0.248. The number of halogens is 1. The third-order valence-electron chi connectivity index (χ3n) is 5.31. The topological polar surface area (TPSA) is 106 Å². The number of benzene rings is 2. The Kier molecular flexibility index (Phi) is 8.07. The molecule has 0 aliphatic heterocycles. The number of rotatable bonds is 7. The summed E-state index contributed by atoms with van der Waals surface area (Å²) in [6, 6.07) is 7.40. The Bertz CT molecular complexity index is 1320. The monoisotopic (exact) mass is 485 g/mol. The highest BCUT2D eigenvalue weighted by atomic mass is 35.5. The Morgan fingerprint density at radius 1 is 1.09 bits per heavy atom. The second-order valence-electron chi connectivity index (χ2n) is 7.59. The molecule has 0 saturated heterocycles. The lowest BCUT2D eigenvalue weighted by molar-refractivity contribution is -0.105. The maximum Gasteiger partial charge on any atom is 0.211 e. The van der Waals surface area contributed by atoms with Crippen LogP contribution in [0.5, 0.6) is 23.0 Å². The summed E-state index contributed by atoms with van der Waals surface area (Å²) in [6.07, 6.45) is 2.88. The van der Waals surface area contributed by atoms with Crippen molar-refractivity contribution in [2.75, 3.05) is 32.5 Å². The molecule has 4 aromatic rings. The standard InChI is InChI=1S/C13H13ClN2O2.C12H15NO3/c1-8-4-10-9(2-3-14)11(16-7-17)5-12(18)13(10)15-6-8;1-7-5-8-6-9(14-2)11(15-3)12(16-4)10(8)13-7/h4-7,18H,2-3H2,1H3,(H,16,17);5-6,13H,1-4H3. The van der Waals surface area contributed by atoms with Crippen LogP contribution in [0.4, 0.5) is 5.69 Å². The first-order valence-corrected chi connectivity index (χ1v) is 11.1. The Hall–Kier alpha value is -3.65. The number of anilines is 1.